The zero-order chi connectivity index (χ0) is 10.1. The fourth-order valence-corrected chi connectivity index (χ4v) is 2.27. The molecule has 14 heavy (non-hydrogen) atoms. The minimum Gasteiger partial charge on any atom is -0.393 e. The Morgan fingerprint density at radius 1 is 1.50 bits per heavy atom. The Labute approximate surface area is 83.1 Å². The van der Waals surface area contributed by atoms with Gasteiger partial charge in [-0.25, -0.2) is 0 Å². The summed E-state index contributed by atoms with van der Waals surface area (Å²) in [5.74, 6) is 0.482. The van der Waals surface area contributed by atoms with Crippen LogP contribution in [0.3, 0.4) is 0 Å². The maximum absolute atomic E-state index is 11.6. The van der Waals surface area contributed by atoms with Gasteiger partial charge in [-0.2, -0.15) is 0 Å². The Kier molecular flexibility index (Phi) is 2.35. The first-order valence-electron chi connectivity index (χ1n) is 5.32. The Morgan fingerprint density at radius 2 is 2.14 bits per heavy atom. The highest BCUT2D eigenvalue weighted by Crippen LogP contribution is 2.34. The first-order valence-corrected chi connectivity index (χ1v) is 5.32. The number of hydrogen-bond acceptors (Lipinski definition) is 2. The zero-order valence-electron chi connectivity index (χ0n) is 8.55. The van der Waals surface area contributed by atoms with Gasteiger partial charge < -0.3 is 5.73 Å². The van der Waals surface area contributed by atoms with E-state index >= 15 is 0 Å². The molecule has 0 unspecified atom stereocenters. The summed E-state index contributed by atoms with van der Waals surface area (Å²) in [5.41, 5.74) is 7.13. The predicted octanol–water partition coefficient (Wildman–Crippen LogP) is 1.44. The second-order valence-electron chi connectivity index (χ2n) is 3.97. The number of anilines is 1. The minimum absolute atomic E-state index is 0.0607. The average molecular weight is 195 g/mol. The zero-order valence-corrected chi connectivity index (χ0v) is 8.55. The number of rotatable bonds is 2. The van der Waals surface area contributed by atoms with Crippen LogP contribution in [0, 0.1) is 0 Å². The van der Waals surface area contributed by atoms with Gasteiger partial charge in [-0.05, 0) is 19.8 Å². The third-order valence-corrected chi connectivity index (χ3v) is 3.10. The monoisotopic (exact) mass is 195 g/mol. The minimum atomic E-state index is -0.0607. The lowest BCUT2D eigenvalue weighted by atomic mass is 10.0. The van der Waals surface area contributed by atoms with Gasteiger partial charge in [0.25, 0.3) is 5.56 Å². The molecule has 1 aliphatic carbocycles. The van der Waals surface area contributed by atoms with Crippen LogP contribution in [0.2, 0.25) is 0 Å². The average Bonchev–Trinajstić information content (AvgIpc) is 2.78. The van der Waals surface area contributed by atoms with Crippen molar-refractivity contribution in [2.75, 3.05) is 5.73 Å². The third-order valence-electron chi connectivity index (χ3n) is 3.10. The van der Waals surface area contributed by atoms with Gasteiger partial charge in [0.1, 0.15) is 5.69 Å². The Hall–Kier alpha value is -1.19. The smallest absolute Gasteiger partial charge is 0.289 e. The molecule has 0 saturated heterocycles. The van der Waals surface area contributed by atoms with Crippen LogP contribution >= 0.6 is 0 Å². The number of nitrogen functional groups attached to an aromatic ring is 1. The normalized spacial score (nSPS) is 17.8. The highest BCUT2D eigenvalue weighted by atomic mass is 16.1. The van der Waals surface area contributed by atoms with Gasteiger partial charge in [-0.3, -0.25) is 14.6 Å². The quantitative estimate of drug-likeness (QED) is 0.750. The number of aromatic amines is 1. The Morgan fingerprint density at radius 3 is 2.64 bits per heavy atom. The summed E-state index contributed by atoms with van der Waals surface area (Å²) < 4.78 is 1.59. The summed E-state index contributed by atoms with van der Waals surface area (Å²) in [4.78, 5) is 11.6. The van der Waals surface area contributed by atoms with Crippen molar-refractivity contribution in [2.45, 2.75) is 45.1 Å². The molecule has 2 rings (SSSR count). The van der Waals surface area contributed by atoms with Crippen molar-refractivity contribution in [1.82, 2.24) is 9.78 Å². The number of nitrogens with one attached hydrogen (secondary N) is 1. The summed E-state index contributed by atoms with van der Waals surface area (Å²) in [6.45, 7) is 2.60. The van der Waals surface area contributed by atoms with Crippen molar-refractivity contribution in [3.05, 3.63) is 16.0 Å². The molecular weight excluding hydrogens is 178 g/mol. The van der Waals surface area contributed by atoms with E-state index in [1.165, 1.54) is 12.8 Å². The molecular formula is C10H17N3O. The molecule has 1 aromatic heterocycles. The van der Waals surface area contributed by atoms with Crippen LogP contribution in [0.15, 0.2) is 4.79 Å². The van der Waals surface area contributed by atoms with Crippen LogP contribution in [0.5, 0.6) is 0 Å². The molecule has 0 spiro atoms. The van der Waals surface area contributed by atoms with E-state index in [0.29, 0.717) is 18.2 Å². The first kappa shape index (κ1) is 9.37. The number of aromatic nitrogens is 2. The van der Waals surface area contributed by atoms with Gasteiger partial charge in [0, 0.05) is 12.5 Å². The summed E-state index contributed by atoms with van der Waals surface area (Å²) in [6, 6.07) is 0. The lowest BCUT2D eigenvalue weighted by molar-refractivity contribution is 0.602. The molecule has 4 heteroatoms. The van der Waals surface area contributed by atoms with Crippen molar-refractivity contribution < 1.29 is 0 Å². The summed E-state index contributed by atoms with van der Waals surface area (Å²) in [5, 5.41) is 3.12. The molecule has 0 amide bonds. The van der Waals surface area contributed by atoms with Crippen LogP contribution in [0.1, 0.15) is 44.2 Å². The van der Waals surface area contributed by atoms with Gasteiger partial charge in [0.2, 0.25) is 0 Å². The number of H-pyrrole nitrogens is 1. The fraction of sp³-hybridized carbons (Fsp3) is 0.700. The van der Waals surface area contributed by atoms with E-state index in [1.807, 2.05) is 6.92 Å². The van der Waals surface area contributed by atoms with Crippen molar-refractivity contribution >= 4 is 5.69 Å². The van der Waals surface area contributed by atoms with Crippen LogP contribution < -0.4 is 11.3 Å². The number of aryl methyl sites for hydroxylation is 1. The van der Waals surface area contributed by atoms with Crippen LogP contribution in [0.25, 0.3) is 0 Å². The van der Waals surface area contributed by atoms with E-state index in [2.05, 4.69) is 5.10 Å². The predicted molar refractivity (Wildman–Crippen MR) is 56.3 cm³/mol. The molecule has 0 atom stereocenters. The van der Waals surface area contributed by atoms with Gasteiger partial charge >= 0.3 is 0 Å². The molecule has 1 fully saturated rings. The van der Waals surface area contributed by atoms with E-state index in [9.17, 15) is 4.79 Å². The van der Waals surface area contributed by atoms with E-state index < -0.39 is 0 Å². The SMILES string of the molecule is CCn1[nH]c(C2CCCC2)c(N)c1=O. The molecule has 1 heterocycles. The van der Waals surface area contributed by atoms with E-state index in [-0.39, 0.29) is 5.56 Å². The molecule has 0 aliphatic heterocycles. The summed E-state index contributed by atoms with van der Waals surface area (Å²) in [6.07, 6.45) is 4.83. The number of nitrogens with two attached hydrogens (primary N) is 1. The highest BCUT2D eigenvalue weighted by Gasteiger charge is 2.23. The first-order chi connectivity index (χ1) is 6.74. The lowest BCUT2D eigenvalue weighted by Crippen LogP contribution is -2.17. The van der Waals surface area contributed by atoms with E-state index in [1.54, 1.807) is 4.68 Å². The van der Waals surface area contributed by atoms with Crippen LogP contribution in [-0.4, -0.2) is 9.78 Å². The molecule has 1 aromatic rings. The van der Waals surface area contributed by atoms with Crippen LogP contribution in [-0.2, 0) is 6.54 Å². The largest absolute Gasteiger partial charge is 0.393 e. The Bertz CT molecular complexity index is 371. The van der Waals surface area contributed by atoms with E-state index in [0.717, 1.165) is 18.5 Å². The molecule has 1 saturated carbocycles. The second-order valence-corrected chi connectivity index (χ2v) is 3.97. The second kappa shape index (κ2) is 3.52. The van der Waals surface area contributed by atoms with Crippen molar-refractivity contribution in [2.24, 2.45) is 0 Å². The molecule has 1 aliphatic rings. The van der Waals surface area contributed by atoms with Gasteiger partial charge in [-0.1, -0.05) is 12.8 Å². The van der Waals surface area contributed by atoms with Gasteiger partial charge in [0.05, 0.1) is 5.69 Å². The Balaban J connectivity index is 2.38. The molecule has 4 nitrogen and oxygen atoms in total. The number of hydrogen-bond donors (Lipinski definition) is 2. The maximum Gasteiger partial charge on any atom is 0.289 e. The van der Waals surface area contributed by atoms with Crippen molar-refractivity contribution in [3.8, 4) is 0 Å². The molecule has 78 valence electrons. The molecule has 3 N–H and O–H groups in total. The summed E-state index contributed by atoms with van der Waals surface area (Å²) in [7, 11) is 0. The van der Waals surface area contributed by atoms with Crippen LogP contribution in [0.4, 0.5) is 5.69 Å². The highest BCUT2D eigenvalue weighted by molar-refractivity contribution is 5.43. The molecule has 0 aromatic carbocycles. The van der Waals surface area contributed by atoms with Gasteiger partial charge in [-0.15, -0.1) is 0 Å². The maximum atomic E-state index is 11.6. The third kappa shape index (κ3) is 1.35. The lowest BCUT2D eigenvalue weighted by Gasteiger charge is -2.06. The fourth-order valence-electron chi connectivity index (χ4n) is 2.27. The van der Waals surface area contributed by atoms with Gasteiger partial charge in [0.15, 0.2) is 0 Å². The summed E-state index contributed by atoms with van der Waals surface area (Å²) >= 11 is 0. The number of nitrogens with zero attached hydrogens (tertiary/aromatic N) is 1. The van der Waals surface area contributed by atoms with Crippen molar-refractivity contribution in [1.29, 1.82) is 0 Å². The van der Waals surface area contributed by atoms with Crippen molar-refractivity contribution in [3.63, 3.8) is 0 Å². The standard InChI is InChI=1S/C10H17N3O/c1-2-13-10(14)8(11)9(12-13)7-5-3-4-6-7/h7,12H,2-6,11H2,1H3. The molecule has 0 radical (unpaired) electrons. The van der Waals surface area contributed by atoms with E-state index in [4.69, 9.17) is 5.73 Å². The molecule has 0 bridgehead atoms. The topological polar surface area (TPSA) is 63.8 Å².